The second-order valence-electron chi connectivity index (χ2n) is 5.56. The van der Waals surface area contributed by atoms with Crippen LogP contribution in [-0.2, 0) is 4.79 Å². The summed E-state index contributed by atoms with van der Waals surface area (Å²) in [6.45, 7) is 0.525. The lowest BCUT2D eigenvalue weighted by Gasteiger charge is -2.28. The first-order valence-electron chi connectivity index (χ1n) is 7.61. The summed E-state index contributed by atoms with van der Waals surface area (Å²) in [5.41, 5.74) is 0. The van der Waals surface area contributed by atoms with Crippen LogP contribution in [0.25, 0.3) is 0 Å². The minimum absolute atomic E-state index is 0.000545. The molecule has 3 rings (SSSR count). The van der Waals surface area contributed by atoms with Gasteiger partial charge in [-0.05, 0) is 25.0 Å². The average Bonchev–Trinajstić information content (AvgIpc) is 3.03. The molecule has 1 aromatic heterocycles. The van der Waals surface area contributed by atoms with E-state index in [1.807, 2.05) is 0 Å². The molecule has 134 valence electrons. The van der Waals surface area contributed by atoms with E-state index in [1.165, 1.54) is 0 Å². The van der Waals surface area contributed by atoms with E-state index < -0.39 is 0 Å². The molecule has 0 spiro atoms. The normalized spacial score (nSPS) is 20.3. The van der Waals surface area contributed by atoms with Gasteiger partial charge in [0.2, 0.25) is 5.89 Å². The first-order valence-corrected chi connectivity index (χ1v) is 9.15. The number of hydrogen-bond donors (Lipinski definition) is 2. The first kappa shape index (κ1) is 18.4. The van der Waals surface area contributed by atoms with Gasteiger partial charge in [0.05, 0.1) is 16.1 Å². The molecular weight excluding hydrogens is 435 g/mol. The van der Waals surface area contributed by atoms with Crippen molar-refractivity contribution < 1.29 is 13.9 Å². The number of benzene rings is 1. The van der Waals surface area contributed by atoms with Crippen molar-refractivity contribution >= 4 is 45.0 Å². The number of nitrogens with one attached hydrogen (secondary N) is 2. The van der Waals surface area contributed by atoms with Crippen LogP contribution in [0, 0.1) is 0 Å². The molecule has 2 aromatic rings. The van der Waals surface area contributed by atoms with Crippen LogP contribution in [-0.4, -0.2) is 35.3 Å². The van der Waals surface area contributed by atoms with Crippen LogP contribution >= 0.6 is 39.1 Å². The van der Waals surface area contributed by atoms with Gasteiger partial charge in [0.25, 0.3) is 10.7 Å². The summed E-state index contributed by atoms with van der Waals surface area (Å²) >= 11 is 14.9. The SMILES string of the molecule is O=C(COc1ccc(Cl)c(Cl)c1)N[C@H]1CC[C@H](c2nnc(Br)o2)NC1. The fourth-order valence-corrected chi connectivity index (χ4v) is 3.07. The number of halogens is 3. The number of rotatable bonds is 5. The number of ether oxygens (including phenoxy) is 1. The Morgan fingerprint density at radius 1 is 1.36 bits per heavy atom. The maximum atomic E-state index is 12.0. The molecule has 1 aliphatic heterocycles. The van der Waals surface area contributed by atoms with Crippen LogP contribution in [0.15, 0.2) is 27.4 Å². The molecule has 1 fully saturated rings. The monoisotopic (exact) mass is 448 g/mol. The maximum Gasteiger partial charge on any atom is 0.284 e. The summed E-state index contributed by atoms with van der Waals surface area (Å²) in [6.07, 6.45) is 1.59. The zero-order valence-corrected chi connectivity index (χ0v) is 16.1. The summed E-state index contributed by atoms with van der Waals surface area (Å²) in [5, 5.41) is 14.8. The Hall–Kier alpha value is -1.35. The van der Waals surface area contributed by atoms with E-state index in [1.54, 1.807) is 18.2 Å². The van der Waals surface area contributed by atoms with Crippen LogP contribution in [0.2, 0.25) is 10.0 Å². The molecular formula is C15H15BrCl2N4O3. The zero-order valence-electron chi connectivity index (χ0n) is 13.0. The highest BCUT2D eigenvalue weighted by molar-refractivity contribution is 9.10. The lowest BCUT2D eigenvalue weighted by atomic mass is 10.0. The van der Waals surface area contributed by atoms with Crippen molar-refractivity contribution in [2.45, 2.75) is 24.9 Å². The van der Waals surface area contributed by atoms with Crippen LogP contribution < -0.4 is 15.4 Å². The molecule has 1 aliphatic rings. The van der Waals surface area contributed by atoms with E-state index in [4.69, 9.17) is 32.4 Å². The van der Waals surface area contributed by atoms with Gasteiger partial charge in [-0.15, -0.1) is 10.2 Å². The number of carbonyl (C=O) groups excluding carboxylic acids is 1. The fourth-order valence-electron chi connectivity index (χ4n) is 2.53. The summed E-state index contributed by atoms with van der Waals surface area (Å²) in [6, 6.07) is 4.88. The Bertz CT molecular complexity index is 750. The highest BCUT2D eigenvalue weighted by Crippen LogP contribution is 2.26. The maximum absolute atomic E-state index is 12.0. The smallest absolute Gasteiger partial charge is 0.284 e. The largest absolute Gasteiger partial charge is 0.484 e. The van der Waals surface area contributed by atoms with Crippen molar-refractivity contribution in [3.05, 3.63) is 38.9 Å². The van der Waals surface area contributed by atoms with E-state index >= 15 is 0 Å². The summed E-state index contributed by atoms with van der Waals surface area (Å²) < 4.78 is 10.8. The number of amides is 1. The Morgan fingerprint density at radius 3 is 2.84 bits per heavy atom. The average molecular weight is 450 g/mol. The van der Waals surface area contributed by atoms with Gasteiger partial charge in [0.1, 0.15) is 5.75 Å². The minimum Gasteiger partial charge on any atom is -0.484 e. The molecule has 0 aliphatic carbocycles. The van der Waals surface area contributed by atoms with Crippen LogP contribution in [0.3, 0.4) is 0 Å². The highest BCUT2D eigenvalue weighted by atomic mass is 79.9. The lowest BCUT2D eigenvalue weighted by molar-refractivity contribution is -0.124. The molecule has 10 heteroatoms. The number of aromatic nitrogens is 2. The van der Waals surface area contributed by atoms with Crippen molar-refractivity contribution in [3.8, 4) is 5.75 Å². The van der Waals surface area contributed by atoms with E-state index in [0.717, 1.165) is 12.8 Å². The molecule has 0 unspecified atom stereocenters. The lowest BCUT2D eigenvalue weighted by Crippen LogP contribution is -2.48. The second kappa shape index (κ2) is 8.35. The van der Waals surface area contributed by atoms with Crippen molar-refractivity contribution in [1.82, 2.24) is 20.8 Å². The molecule has 1 amide bonds. The number of piperidine rings is 1. The minimum atomic E-state index is -0.197. The Labute approximate surface area is 162 Å². The van der Waals surface area contributed by atoms with Gasteiger partial charge in [-0.2, -0.15) is 0 Å². The first-order chi connectivity index (χ1) is 12.0. The van der Waals surface area contributed by atoms with Crippen molar-refractivity contribution in [2.75, 3.05) is 13.2 Å². The predicted octanol–water partition coefficient (Wildman–Crippen LogP) is 3.13. The molecule has 2 N–H and O–H groups in total. The Morgan fingerprint density at radius 2 is 2.20 bits per heavy atom. The third kappa shape index (κ3) is 5.07. The van der Waals surface area contributed by atoms with Crippen LogP contribution in [0.4, 0.5) is 0 Å². The number of nitrogens with zero attached hydrogens (tertiary/aromatic N) is 2. The van der Waals surface area contributed by atoms with Crippen molar-refractivity contribution in [3.63, 3.8) is 0 Å². The van der Waals surface area contributed by atoms with Gasteiger partial charge in [0.15, 0.2) is 6.61 Å². The van der Waals surface area contributed by atoms with Crippen LogP contribution in [0.5, 0.6) is 5.75 Å². The Balaban J connectivity index is 1.42. The predicted molar refractivity (Wildman–Crippen MR) is 95.9 cm³/mol. The highest BCUT2D eigenvalue weighted by Gasteiger charge is 2.26. The molecule has 0 saturated carbocycles. The van der Waals surface area contributed by atoms with Gasteiger partial charge in [0, 0.05) is 34.6 Å². The van der Waals surface area contributed by atoms with Gasteiger partial charge >= 0.3 is 0 Å². The summed E-state index contributed by atoms with van der Waals surface area (Å²) in [4.78, 5) is 12.4. The van der Waals surface area contributed by atoms with Gasteiger partial charge in [-0.25, -0.2) is 0 Å². The van der Waals surface area contributed by atoms with Crippen molar-refractivity contribution in [1.29, 1.82) is 0 Å². The van der Waals surface area contributed by atoms with Gasteiger partial charge < -0.3 is 19.8 Å². The quantitative estimate of drug-likeness (QED) is 0.728. The molecule has 1 aromatic carbocycles. The third-order valence-corrected chi connectivity index (χ3v) is 4.81. The molecule has 0 bridgehead atoms. The molecule has 7 nitrogen and oxygen atoms in total. The molecule has 25 heavy (non-hydrogen) atoms. The molecule has 2 heterocycles. The number of hydrogen-bond acceptors (Lipinski definition) is 6. The summed E-state index contributed by atoms with van der Waals surface area (Å²) in [5.74, 6) is 0.838. The van der Waals surface area contributed by atoms with E-state index in [0.29, 0.717) is 33.0 Å². The standard InChI is InChI=1S/C15H15BrCl2N4O3/c16-15-22-21-14(25-15)12-4-1-8(6-19-12)20-13(23)7-24-9-2-3-10(17)11(18)5-9/h2-3,5,8,12,19H,1,4,6-7H2,(H,20,23)/t8-,12+/m0/s1. The van der Waals surface area contributed by atoms with Gasteiger partial charge in [-0.3, -0.25) is 4.79 Å². The van der Waals surface area contributed by atoms with E-state index in [9.17, 15) is 4.79 Å². The van der Waals surface area contributed by atoms with E-state index in [2.05, 4.69) is 36.8 Å². The fraction of sp³-hybridized carbons (Fsp3) is 0.400. The number of carbonyl (C=O) groups is 1. The Kier molecular flexibility index (Phi) is 6.16. The molecule has 1 saturated heterocycles. The zero-order chi connectivity index (χ0) is 17.8. The molecule has 0 radical (unpaired) electrons. The summed E-state index contributed by atoms with van der Waals surface area (Å²) in [7, 11) is 0. The van der Waals surface area contributed by atoms with Crippen molar-refractivity contribution in [2.24, 2.45) is 0 Å². The van der Waals surface area contributed by atoms with Crippen LogP contribution in [0.1, 0.15) is 24.8 Å². The topological polar surface area (TPSA) is 89.3 Å². The molecule has 2 atom stereocenters. The van der Waals surface area contributed by atoms with E-state index in [-0.39, 0.29) is 24.6 Å². The van der Waals surface area contributed by atoms with Gasteiger partial charge in [-0.1, -0.05) is 23.2 Å². The third-order valence-electron chi connectivity index (χ3n) is 3.75. The second-order valence-corrected chi connectivity index (χ2v) is 7.05.